The maximum absolute atomic E-state index is 2.72. The first-order valence-electron chi connectivity index (χ1n) is 18.9. The van der Waals surface area contributed by atoms with Gasteiger partial charge in [-0.1, -0.05) is 184 Å². The Morgan fingerprint density at radius 3 is 1.57 bits per heavy atom. The summed E-state index contributed by atoms with van der Waals surface area (Å²) in [5, 5.41) is 0. The predicted molar refractivity (Wildman–Crippen MR) is 192 cm³/mol. The largest absolute Gasteiger partial charge is 0.261 e. The minimum atomic E-state index is 0.518. The molecule has 2 heteroatoms. The van der Waals surface area contributed by atoms with Gasteiger partial charge >= 0.3 is 0 Å². The van der Waals surface area contributed by atoms with Crippen molar-refractivity contribution in [1.29, 1.82) is 0 Å². The highest BCUT2D eigenvalue weighted by Crippen LogP contribution is 2.21. The van der Waals surface area contributed by atoms with Crippen molar-refractivity contribution in [2.24, 2.45) is 0 Å². The Kier molecular flexibility index (Phi) is 18.9. The monoisotopic (exact) mass is 600 g/mol. The zero-order valence-electron chi connectivity index (χ0n) is 29.1. The lowest BCUT2D eigenvalue weighted by molar-refractivity contribution is -0.710. The van der Waals surface area contributed by atoms with E-state index in [-0.39, 0.29) is 0 Å². The first-order valence-corrected chi connectivity index (χ1v) is 18.9. The smallest absolute Gasteiger partial charge is 0.234 e. The summed E-state index contributed by atoms with van der Waals surface area (Å²) in [5.41, 5.74) is 4.38. The summed E-state index contributed by atoms with van der Waals surface area (Å²) in [7, 11) is 0. The van der Waals surface area contributed by atoms with Crippen molar-refractivity contribution in [1.82, 2.24) is 4.57 Å². The molecule has 1 unspecified atom stereocenters. The van der Waals surface area contributed by atoms with Crippen LogP contribution in [0, 0.1) is 0 Å². The fourth-order valence-corrected chi connectivity index (χ4v) is 6.79. The summed E-state index contributed by atoms with van der Waals surface area (Å²) >= 11 is 0. The third-order valence-corrected chi connectivity index (χ3v) is 9.62. The molecule has 3 aromatic rings. The van der Waals surface area contributed by atoms with Gasteiger partial charge in [0.15, 0.2) is 0 Å². The zero-order chi connectivity index (χ0) is 31.1. The molecule has 0 N–H and O–H groups in total. The third kappa shape index (κ3) is 14.2. The highest BCUT2D eigenvalue weighted by Gasteiger charge is 2.25. The number of hydrogen-bond acceptors (Lipinski definition) is 0. The standard InChI is InChI=1S/C42H67N2/c1-4-6-8-9-10-11-12-13-14-15-16-17-18-19-20-21-28-34-44-41(35-38(3)40-31-26-23-27-32-40)37-43(33-7-5-2)42(44)36-39-29-24-22-25-30-39/h22-27,29-32,37-38H,4-21,28,33-36H2,1-3H3/q+1. The first-order chi connectivity index (χ1) is 21.7. The number of nitrogens with zero attached hydrogens (tertiary/aromatic N) is 2. The lowest BCUT2D eigenvalue weighted by Crippen LogP contribution is -2.41. The highest BCUT2D eigenvalue weighted by molar-refractivity contribution is 5.21. The van der Waals surface area contributed by atoms with Gasteiger partial charge in [-0.05, 0) is 36.3 Å². The normalized spacial score (nSPS) is 12.2. The van der Waals surface area contributed by atoms with Gasteiger partial charge in [0.05, 0.1) is 19.5 Å². The van der Waals surface area contributed by atoms with Crippen LogP contribution >= 0.6 is 0 Å². The number of rotatable bonds is 26. The molecule has 0 saturated heterocycles. The summed E-state index contributed by atoms with van der Waals surface area (Å²) in [4.78, 5) is 0. The van der Waals surface area contributed by atoms with Crippen LogP contribution in [0.5, 0.6) is 0 Å². The maximum atomic E-state index is 2.72. The second-order valence-corrected chi connectivity index (χ2v) is 13.6. The molecule has 0 amide bonds. The van der Waals surface area contributed by atoms with Crippen LogP contribution in [0.1, 0.15) is 171 Å². The van der Waals surface area contributed by atoms with Crippen molar-refractivity contribution >= 4 is 0 Å². The number of aryl methyl sites for hydroxylation is 1. The molecule has 0 aliphatic carbocycles. The third-order valence-electron chi connectivity index (χ3n) is 9.62. The molecule has 3 rings (SSSR count). The molecule has 2 nitrogen and oxygen atoms in total. The molecule has 0 bridgehead atoms. The van der Waals surface area contributed by atoms with Crippen LogP contribution in [0.15, 0.2) is 66.9 Å². The average Bonchev–Trinajstić information content (AvgIpc) is 3.37. The van der Waals surface area contributed by atoms with Crippen LogP contribution in [-0.4, -0.2) is 4.57 Å². The van der Waals surface area contributed by atoms with Crippen LogP contribution in [0.2, 0.25) is 0 Å². The first kappa shape index (κ1) is 36.1. The average molecular weight is 600 g/mol. The van der Waals surface area contributed by atoms with Crippen molar-refractivity contribution in [3.05, 3.63) is 89.5 Å². The fraction of sp³-hybridized carbons (Fsp3) is 0.643. The summed E-state index contributed by atoms with van der Waals surface area (Å²) in [6, 6.07) is 22.2. The van der Waals surface area contributed by atoms with Crippen molar-refractivity contribution in [3.8, 4) is 0 Å². The predicted octanol–water partition coefficient (Wildman–Crippen LogP) is 12.2. The Hall–Kier alpha value is -2.35. The minimum Gasteiger partial charge on any atom is -0.234 e. The number of unbranched alkanes of at least 4 members (excludes halogenated alkanes) is 17. The van der Waals surface area contributed by atoms with Crippen molar-refractivity contribution in [2.75, 3.05) is 0 Å². The van der Waals surface area contributed by atoms with Crippen LogP contribution in [0.25, 0.3) is 0 Å². The number of benzene rings is 2. The van der Waals surface area contributed by atoms with E-state index in [1.54, 1.807) is 0 Å². The Morgan fingerprint density at radius 1 is 0.568 bits per heavy atom. The molecule has 244 valence electrons. The van der Waals surface area contributed by atoms with Gasteiger partial charge in [0.2, 0.25) is 0 Å². The van der Waals surface area contributed by atoms with E-state index in [9.17, 15) is 0 Å². The molecule has 44 heavy (non-hydrogen) atoms. The molecule has 2 aromatic carbocycles. The summed E-state index contributed by atoms with van der Waals surface area (Å²) in [5.74, 6) is 2.01. The van der Waals surface area contributed by atoms with Crippen LogP contribution in [0.4, 0.5) is 0 Å². The lowest BCUT2D eigenvalue weighted by Gasteiger charge is -2.12. The van der Waals surface area contributed by atoms with Gasteiger partial charge in [-0.3, -0.25) is 0 Å². The molecule has 0 saturated carbocycles. The molecular weight excluding hydrogens is 532 g/mol. The molecule has 1 atom stereocenters. The van der Waals surface area contributed by atoms with E-state index in [1.807, 2.05) is 0 Å². The van der Waals surface area contributed by atoms with Gasteiger partial charge in [-0.15, -0.1) is 0 Å². The topological polar surface area (TPSA) is 8.81 Å². The van der Waals surface area contributed by atoms with Crippen LogP contribution in [-0.2, 0) is 25.9 Å². The van der Waals surface area contributed by atoms with Crippen molar-refractivity contribution in [3.63, 3.8) is 0 Å². The molecule has 0 radical (unpaired) electrons. The van der Waals surface area contributed by atoms with Gasteiger partial charge < -0.3 is 0 Å². The van der Waals surface area contributed by atoms with E-state index in [0.29, 0.717) is 5.92 Å². The minimum absolute atomic E-state index is 0.518. The molecule has 0 spiro atoms. The maximum Gasteiger partial charge on any atom is 0.261 e. The molecule has 0 aliphatic rings. The second-order valence-electron chi connectivity index (χ2n) is 13.6. The SMILES string of the molecule is CCCCCCCCCCCCCCCCCCC[n+]1c(CC(C)c2ccccc2)cn(CCCC)c1Cc1ccccc1. The number of imidazole rings is 1. The Labute approximate surface area is 272 Å². The van der Waals surface area contributed by atoms with E-state index in [4.69, 9.17) is 0 Å². The van der Waals surface area contributed by atoms with E-state index < -0.39 is 0 Å². The Balaban J connectivity index is 1.44. The van der Waals surface area contributed by atoms with Crippen LogP contribution in [0.3, 0.4) is 0 Å². The van der Waals surface area contributed by atoms with Gasteiger partial charge in [0.1, 0.15) is 11.9 Å². The second kappa shape index (κ2) is 23.1. The van der Waals surface area contributed by atoms with Gasteiger partial charge in [0, 0.05) is 6.42 Å². The van der Waals surface area contributed by atoms with Gasteiger partial charge in [-0.2, -0.15) is 0 Å². The summed E-state index contributed by atoms with van der Waals surface area (Å²) < 4.78 is 5.31. The molecule has 1 heterocycles. The Morgan fingerprint density at radius 2 is 1.05 bits per heavy atom. The van der Waals surface area contributed by atoms with E-state index in [0.717, 1.165) is 25.9 Å². The quantitative estimate of drug-likeness (QED) is 0.0641. The molecule has 0 fully saturated rings. The fourth-order valence-electron chi connectivity index (χ4n) is 6.79. The van der Waals surface area contributed by atoms with E-state index in [2.05, 4.69) is 96.8 Å². The molecule has 0 aliphatic heterocycles. The lowest BCUT2D eigenvalue weighted by atomic mass is 9.96. The van der Waals surface area contributed by atoms with Crippen molar-refractivity contribution in [2.45, 2.75) is 175 Å². The Bertz CT molecular complexity index is 1080. The summed E-state index contributed by atoms with van der Waals surface area (Å²) in [6.45, 7) is 9.29. The molecule has 1 aromatic heterocycles. The zero-order valence-corrected chi connectivity index (χ0v) is 29.1. The molecular formula is C42H67N2+. The number of hydrogen-bond donors (Lipinski definition) is 0. The highest BCUT2D eigenvalue weighted by atomic mass is 15.2. The van der Waals surface area contributed by atoms with Crippen molar-refractivity contribution < 1.29 is 4.57 Å². The number of aromatic nitrogens is 2. The van der Waals surface area contributed by atoms with Gasteiger partial charge in [-0.25, -0.2) is 9.13 Å². The van der Waals surface area contributed by atoms with E-state index in [1.165, 1.54) is 145 Å². The summed E-state index contributed by atoms with van der Waals surface area (Å²) in [6.07, 6.45) is 31.3. The van der Waals surface area contributed by atoms with E-state index >= 15 is 0 Å². The van der Waals surface area contributed by atoms with Crippen LogP contribution < -0.4 is 4.57 Å². The van der Waals surface area contributed by atoms with Gasteiger partial charge in [0.25, 0.3) is 5.82 Å².